The molecule has 0 bridgehead atoms. The first-order chi connectivity index (χ1) is 5.77. The fourth-order valence-electron chi connectivity index (χ4n) is 0.945. The summed E-state index contributed by atoms with van der Waals surface area (Å²) in [4.78, 5) is 10.3. The van der Waals surface area contributed by atoms with E-state index in [4.69, 9.17) is 11.6 Å². The Balaban J connectivity index is 3.09. The van der Waals surface area contributed by atoms with Crippen molar-refractivity contribution in [1.82, 2.24) is 0 Å². The van der Waals surface area contributed by atoms with E-state index in [0.717, 1.165) is 12.8 Å². The van der Waals surface area contributed by atoms with Crippen molar-refractivity contribution in [2.45, 2.75) is 45.4 Å². The lowest BCUT2D eigenvalue weighted by molar-refractivity contribution is -0.111. The fraction of sp³-hybridized carbons (Fsp3) is 0.700. The van der Waals surface area contributed by atoms with Crippen molar-refractivity contribution >= 4 is 16.8 Å². The molecule has 1 nitrogen and oxygen atoms in total. The zero-order valence-corrected chi connectivity index (χ0v) is 8.44. The number of hydrogen-bond acceptors (Lipinski definition) is 1. The average molecular weight is 189 g/mol. The molecule has 0 aromatic rings. The summed E-state index contributed by atoms with van der Waals surface area (Å²) in [5.41, 5.74) is 0. The number of unbranched alkanes of at least 4 members (excludes halogenated alkanes) is 3. The molecule has 0 amide bonds. The number of allylic oxidation sites excluding steroid dienone is 2. The highest BCUT2D eigenvalue weighted by Gasteiger charge is 1.90. The third-order valence-electron chi connectivity index (χ3n) is 1.65. The highest BCUT2D eigenvalue weighted by atomic mass is 35.5. The van der Waals surface area contributed by atoms with Crippen LogP contribution in [0.2, 0.25) is 0 Å². The van der Waals surface area contributed by atoms with Gasteiger partial charge in [0, 0.05) is 6.42 Å². The van der Waals surface area contributed by atoms with Gasteiger partial charge in [0.15, 0.2) is 0 Å². The Hall–Kier alpha value is -0.300. The number of carbonyl (C=O) groups excluding carboxylic acids is 1. The molecule has 0 aliphatic rings. The predicted molar refractivity (Wildman–Crippen MR) is 53.4 cm³/mol. The highest BCUT2D eigenvalue weighted by molar-refractivity contribution is 6.63. The van der Waals surface area contributed by atoms with E-state index in [0.29, 0.717) is 6.42 Å². The topological polar surface area (TPSA) is 17.1 Å². The number of rotatable bonds is 7. The van der Waals surface area contributed by atoms with E-state index in [1.807, 2.05) is 6.08 Å². The van der Waals surface area contributed by atoms with Gasteiger partial charge in [-0.3, -0.25) is 4.79 Å². The Labute approximate surface area is 79.8 Å². The quantitative estimate of drug-likeness (QED) is 0.339. The summed E-state index contributed by atoms with van der Waals surface area (Å²) in [5.74, 6) is 0. The molecular weight excluding hydrogens is 172 g/mol. The van der Waals surface area contributed by atoms with Gasteiger partial charge in [0.2, 0.25) is 5.24 Å². The molecule has 0 aliphatic carbocycles. The lowest BCUT2D eigenvalue weighted by Gasteiger charge is -1.91. The summed E-state index contributed by atoms with van der Waals surface area (Å²) < 4.78 is 0. The van der Waals surface area contributed by atoms with Crippen molar-refractivity contribution in [1.29, 1.82) is 0 Å². The zero-order chi connectivity index (χ0) is 9.23. The van der Waals surface area contributed by atoms with Gasteiger partial charge in [-0.05, 0) is 30.9 Å². The zero-order valence-electron chi connectivity index (χ0n) is 7.68. The highest BCUT2D eigenvalue weighted by Crippen LogP contribution is 2.01. The summed E-state index contributed by atoms with van der Waals surface area (Å²) in [6.07, 6.45) is 10.4. The second kappa shape index (κ2) is 8.79. The molecule has 0 atom stereocenters. The van der Waals surface area contributed by atoms with Crippen LogP contribution in [0.25, 0.3) is 0 Å². The van der Waals surface area contributed by atoms with Crippen LogP contribution in [0.1, 0.15) is 45.4 Å². The third-order valence-corrected chi connectivity index (χ3v) is 1.84. The maximum absolute atomic E-state index is 10.3. The maximum atomic E-state index is 10.3. The van der Waals surface area contributed by atoms with Gasteiger partial charge >= 0.3 is 0 Å². The van der Waals surface area contributed by atoms with E-state index in [-0.39, 0.29) is 5.24 Å². The third kappa shape index (κ3) is 9.70. The van der Waals surface area contributed by atoms with Crippen molar-refractivity contribution in [3.05, 3.63) is 12.2 Å². The summed E-state index contributed by atoms with van der Waals surface area (Å²) >= 11 is 5.17. The fourth-order valence-corrected chi connectivity index (χ4v) is 1.05. The first-order valence-corrected chi connectivity index (χ1v) is 4.98. The van der Waals surface area contributed by atoms with Crippen molar-refractivity contribution in [3.63, 3.8) is 0 Å². The molecular formula is C10H17ClO. The van der Waals surface area contributed by atoms with Crippen LogP contribution < -0.4 is 0 Å². The van der Waals surface area contributed by atoms with Crippen molar-refractivity contribution in [3.8, 4) is 0 Å². The van der Waals surface area contributed by atoms with Gasteiger partial charge in [0.25, 0.3) is 0 Å². The van der Waals surface area contributed by atoms with Crippen LogP contribution in [0.3, 0.4) is 0 Å². The predicted octanol–water partition coefficient (Wildman–Crippen LogP) is 3.67. The standard InChI is InChI=1S/C10H17ClO/c1-2-3-4-5-6-7-8-9-10(11)12/h6-7H,2-5,8-9H2,1H3/b7-6+. The lowest BCUT2D eigenvalue weighted by atomic mass is 10.2. The van der Waals surface area contributed by atoms with Crippen molar-refractivity contribution in [2.24, 2.45) is 0 Å². The summed E-state index contributed by atoms with van der Waals surface area (Å²) in [7, 11) is 0. The second-order valence-electron chi connectivity index (χ2n) is 2.86. The molecule has 0 spiro atoms. The van der Waals surface area contributed by atoms with Crippen LogP contribution in [-0.4, -0.2) is 5.24 Å². The van der Waals surface area contributed by atoms with Crippen LogP contribution in [0.4, 0.5) is 0 Å². The van der Waals surface area contributed by atoms with E-state index in [2.05, 4.69) is 13.0 Å². The molecule has 0 aromatic carbocycles. The van der Waals surface area contributed by atoms with Gasteiger partial charge in [-0.25, -0.2) is 0 Å². The minimum atomic E-state index is -0.242. The second-order valence-corrected chi connectivity index (χ2v) is 3.28. The Kier molecular flexibility index (Phi) is 8.57. The van der Waals surface area contributed by atoms with Crippen LogP contribution in [0.15, 0.2) is 12.2 Å². The van der Waals surface area contributed by atoms with Gasteiger partial charge in [-0.2, -0.15) is 0 Å². The molecule has 12 heavy (non-hydrogen) atoms. The van der Waals surface area contributed by atoms with Crippen LogP contribution >= 0.6 is 11.6 Å². The van der Waals surface area contributed by atoms with E-state index < -0.39 is 0 Å². The van der Waals surface area contributed by atoms with Gasteiger partial charge in [0.05, 0.1) is 0 Å². The molecule has 2 heteroatoms. The van der Waals surface area contributed by atoms with Crippen LogP contribution in [-0.2, 0) is 4.79 Å². The van der Waals surface area contributed by atoms with E-state index in [9.17, 15) is 4.79 Å². The average Bonchev–Trinajstić information content (AvgIpc) is 2.02. The number of halogens is 1. The van der Waals surface area contributed by atoms with E-state index in [1.165, 1.54) is 19.3 Å². The van der Waals surface area contributed by atoms with Crippen molar-refractivity contribution in [2.75, 3.05) is 0 Å². The molecule has 0 heterocycles. The summed E-state index contributed by atoms with van der Waals surface area (Å²) in [5, 5.41) is -0.242. The largest absolute Gasteiger partial charge is 0.281 e. The molecule has 0 saturated heterocycles. The van der Waals surface area contributed by atoms with Gasteiger partial charge in [0.1, 0.15) is 0 Å². The summed E-state index contributed by atoms with van der Waals surface area (Å²) in [6, 6.07) is 0. The first-order valence-electron chi connectivity index (χ1n) is 4.60. The molecule has 0 radical (unpaired) electrons. The molecule has 0 aromatic heterocycles. The van der Waals surface area contributed by atoms with E-state index in [1.54, 1.807) is 0 Å². The molecule has 70 valence electrons. The SMILES string of the molecule is CCCCC/C=C/CCC(=O)Cl. The van der Waals surface area contributed by atoms with Gasteiger partial charge in [-0.1, -0.05) is 31.9 Å². The van der Waals surface area contributed by atoms with Gasteiger partial charge < -0.3 is 0 Å². The van der Waals surface area contributed by atoms with E-state index >= 15 is 0 Å². The Morgan fingerprint density at radius 1 is 1.25 bits per heavy atom. The minimum absolute atomic E-state index is 0.242. The van der Waals surface area contributed by atoms with Gasteiger partial charge in [-0.15, -0.1) is 0 Å². The molecule has 0 aliphatic heterocycles. The summed E-state index contributed by atoms with van der Waals surface area (Å²) in [6.45, 7) is 2.19. The first kappa shape index (κ1) is 11.7. The molecule has 0 fully saturated rings. The molecule has 0 unspecified atom stereocenters. The van der Waals surface area contributed by atoms with Crippen LogP contribution in [0.5, 0.6) is 0 Å². The molecule has 0 saturated carbocycles. The maximum Gasteiger partial charge on any atom is 0.221 e. The van der Waals surface area contributed by atoms with Crippen molar-refractivity contribution < 1.29 is 4.79 Å². The monoisotopic (exact) mass is 188 g/mol. The Morgan fingerprint density at radius 2 is 1.92 bits per heavy atom. The molecule has 0 N–H and O–H groups in total. The number of hydrogen-bond donors (Lipinski definition) is 0. The Morgan fingerprint density at radius 3 is 2.50 bits per heavy atom. The number of carbonyl (C=O) groups is 1. The lowest BCUT2D eigenvalue weighted by Crippen LogP contribution is -1.82. The Bertz CT molecular complexity index is 141. The molecule has 0 rings (SSSR count). The smallest absolute Gasteiger partial charge is 0.221 e. The van der Waals surface area contributed by atoms with Crippen LogP contribution in [0, 0.1) is 0 Å². The minimum Gasteiger partial charge on any atom is -0.281 e. The normalized spacial score (nSPS) is 10.8.